The third kappa shape index (κ3) is 2.36. The van der Waals surface area contributed by atoms with Gasteiger partial charge in [0.25, 0.3) is 0 Å². The van der Waals surface area contributed by atoms with Crippen molar-refractivity contribution in [1.29, 1.82) is 0 Å². The number of methoxy groups -OCH3 is 2. The van der Waals surface area contributed by atoms with Gasteiger partial charge in [-0.15, -0.1) is 0 Å². The molecule has 2 aromatic rings. The third-order valence-corrected chi connectivity index (χ3v) is 5.32. The molecule has 1 atom stereocenters. The molecule has 0 spiro atoms. The number of hydrogen-bond donors (Lipinski definition) is 0. The summed E-state index contributed by atoms with van der Waals surface area (Å²) in [7, 11) is 3.22. The minimum absolute atomic E-state index is 0.0310. The van der Waals surface area contributed by atoms with Gasteiger partial charge in [0.1, 0.15) is 0 Å². The minimum atomic E-state index is -0.256. The molecule has 2 aliphatic heterocycles. The van der Waals surface area contributed by atoms with Crippen LogP contribution in [0, 0.1) is 5.92 Å². The summed E-state index contributed by atoms with van der Waals surface area (Å²) in [5, 5.41) is 0. The molecule has 1 aliphatic carbocycles. The molecule has 2 heterocycles. The van der Waals surface area contributed by atoms with Gasteiger partial charge in [0, 0.05) is 11.5 Å². The van der Waals surface area contributed by atoms with E-state index in [-0.39, 0.29) is 18.7 Å². The number of carbonyl (C=O) groups excluding carboxylic acids is 1. The number of carbonyl (C=O) groups is 1. The maximum atomic E-state index is 12.5. The molecule has 6 nitrogen and oxygen atoms in total. The van der Waals surface area contributed by atoms with Crippen molar-refractivity contribution in [3.8, 4) is 23.0 Å². The Labute approximate surface area is 156 Å². The first-order chi connectivity index (χ1) is 13.2. The summed E-state index contributed by atoms with van der Waals surface area (Å²) in [5.74, 6) is 2.46. The summed E-state index contributed by atoms with van der Waals surface area (Å²) in [4.78, 5) is 12.5. The van der Waals surface area contributed by atoms with Gasteiger partial charge in [-0.2, -0.15) is 0 Å². The van der Waals surface area contributed by atoms with Gasteiger partial charge in [-0.1, -0.05) is 6.07 Å². The lowest BCUT2D eigenvalue weighted by Crippen LogP contribution is -2.17. The Morgan fingerprint density at radius 3 is 2.56 bits per heavy atom. The zero-order chi connectivity index (χ0) is 18.5. The quantitative estimate of drug-likeness (QED) is 0.779. The summed E-state index contributed by atoms with van der Waals surface area (Å²) in [5.41, 5.74) is 4.53. The second-order valence-electron chi connectivity index (χ2n) is 6.72. The van der Waals surface area contributed by atoms with Gasteiger partial charge in [0.15, 0.2) is 23.0 Å². The van der Waals surface area contributed by atoms with E-state index in [2.05, 4.69) is 0 Å². The summed E-state index contributed by atoms with van der Waals surface area (Å²) in [6.07, 6.45) is 0.727. The summed E-state index contributed by atoms with van der Waals surface area (Å²) < 4.78 is 27.3. The molecular weight excluding hydrogens is 348 g/mol. The Morgan fingerprint density at radius 2 is 1.74 bits per heavy atom. The molecule has 0 radical (unpaired) electrons. The van der Waals surface area contributed by atoms with Crippen molar-refractivity contribution in [2.45, 2.75) is 6.42 Å². The summed E-state index contributed by atoms with van der Waals surface area (Å²) >= 11 is 0. The largest absolute Gasteiger partial charge is 0.493 e. The van der Waals surface area contributed by atoms with Crippen LogP contribution >= 0.6 is 0 Å². The number of hydrogen-bond acceptors (Lipinski definition) is 6. The summed E-state index contributed by atoms with van der Waals surface area (Å²) in [6, 6.07) is 9.66. The van der Waals surface area contributed by atoms with Crippen molar-refractivity contribution >= 4 is 11.5 Å². The Balaban J connectivity index is 1.76. The van der Waals surface area contributed by atoms with E-state index in [1.807, 2.05) is 30.3 Å². The molecule has 0 saturated carbocycles. The van der Waals surface area contributed by atoms with Crippen LogP contribution in [0.25, 0.3) is 5.57 Å². The van der Waals surface area contributed by atoms with Crippen molar-refractivity contribution < 1.29 is 28.5 Å². The molecule has 3 aliphatic rings. The van der Waals surface area contributed by atoms with Crippen LogP contribution in [0.1, 0.15) is 16.7 Å². The zero-order valence-electron chi connectivity index (χ0n) is 15.0. The van der Waals surface area contributed by atoms with Gasteiger partial charge < -0.3 is 23.7 Å². The number of esters is 1. The third-order valence-electron chi connectivity index (χ3n) is 5.32. The van der Waals surface area contributed by atoms with E-state index in [0.29, 0.717) is 35.2 Å². The van der Waals surface area contributed by atoms with Gasteiger partial charge in [0.2, 0.25) is 6.79 Å². The number of benzene rings is 2. The number of ether oxygens (including phenoxy) is 5. The van der Waals surface area contributed by atoms with E-state index in [1.54, 1.807) is 14.2 Å². The Kier molecular flexibility index (Phi) is 3.53. The predicted molar refractivity (Wildman–Crippen MR) is 96.3 cm³/mol. The Bertz CT molecular complexity index is 990. The second kappa shape index (κ2) is 5.94. The van der Waals surface area contributed by atoms with E-state index < -0.39 is 0 Å². The topological polar surface area (TPSA) is 63.2 Å². The molecule has 0 bridgehead atoms. The monoisotopic (exact) mass is 366 g/mol. The van der Waals surface area contributed by atoms with E-state index >= 15 is 0 Å². The molecule has 1 fully saturated rings. The highest BCUT2D eigenvalue weighted by atomic mass is 16.7. The van der Waals surface area contributed by atoms with E-state index in [9.17, 15) is 4.79 Å². The average molecular weight is 366 g/mol. The maximum Gasteiger partial charge on any atom is 0.335 e. The molecule has 138 valence electrons. The lowest BCUT2D eigenvalue weighted by molar-refractivity contribution is -0.135. The second-order valence-corrected chi connectivity index (χ2v) is 6.72. The minimum Gasteiger partial charge on any atom is -0.493 e. The van der Waals surface area contributed by atoms with Gasteiger partial charge in [-0.25, -0.2) is 4.79 Å². The normalized spacial score (nSPS) is 19.5. The lowest BCUT2D eigenvalue weighted by Gasteiger charge is -2.25. The van der Waals surface area contributed by atoms with E-state index in [1.165, 1.54) is 0 Å². The van der Waals surface area contributed by atoms with Crippen LogP contribution in [0.5, 0.6) is 23.0 Å². The first-order valence-corrected chi connectivity index (χ1v) is 8.76. The van der Waals surface area contributed by atoms with Gasteiger partial charge in [-0.05, 0) is 47.4 Å². The van der Waals surface area contributed by atoms with Crippen LogP contribution in [0.2, 0.25) is 0 Å². The fourth-order valence-electron chi connectivity index (χ4n) is 4.07. The van der Waals surface area contributed by atoms with Crippen molar-refractivity contribution in [2.75, 3.05) is 27.6 Å². The molecule has 27 heavy (non-hydrogen) atoms. The van der Waals surface area contributed by atoms with Crippen molar-refractivity contribution in [2.24, 2.45) is 5.92 Å². The maximum absolute atomic E-state index is 12.5. The first-order valence-electron chi connectivity index (χ1n) is 8.76. The number of cyclic esters (lactones) is 1. The Hall–Kier alpha value is -3.15. The van der Waals surface area contributed by atoms with E-state index in [0.717, 1.165) is 28.7 Å². The highest BCUT2D eigenvalue weighted by Crippen LogP contribution is 2.47. The molecule has 0 amide bonds. The summed E-state index contributed by atoms with van der Waals surface area (Å²) in [6.45, 7) is 0.604. The molecule has 2 aromatic carbocycles. The van der Waals surface area contributed by atoms with E-state index in [4.69, 9.17) is 23.7 Å². The van der Waals surface area contributed by atoms with Crippen molar-refractivity contribution in [1.82, 2.24) is 0 Å². The number of rotatable bonds is 3. The highest BCUT2D eigenvalue weighted by molar-refractivity contribution is 6.05. The van der Waals surface area contributed by atoms with Crippen molar-refractivity contribution in [3.05, 3.63) is 52.6 Å². The van der Waals surface area contributed by atoms with Crippen molar-refractivity contribution in [3.63, 3.8) is 0 Å². The molecular formula is C21H18O6. The molecule has 0 N–H and O–H groups in total. The SMILES string of the molecule is COc1cc2c(cc1OC)C(c1ccc3c(c1)OCO3)=C1C(=O)OCC1C2. The Morgan fingerprint density at radius 1 is 0.963 bits per heavy atom. The zero-order valence-corrected chi connectivity index (χ0v) is 15.0. The van der Waals surface area contributed by atoms with Crippen LogP contribution in [0.15, 0.2) is 35.9 Å². The van der Waals surface area contributed by atoms with Crippen LogP contribution in [-0.4, -0.2) is 33.6 Å². The first kappa shape index (κ1) is 16.1. The molecule has 6 heteroatoms. The molecule has 1 saturated heterocycles. The predicted octanol–water partition coefficient (Wildman–Crippen LogP) is 2.96. The molecule has 5 rings (SSSR count). The fourth-order valence-corrected chi connectivity index (χ4v) is 4.07. The van der Waals surface area contributed by atoms with Gasteiger partial charge >= 0.3 is 5.97 Å². The smallest absolute Gasteiger partial charge is 0.335 e. The van der Waals surface area contributed by atoms with Gasteiger partial charge in [-0.3, -0.25) is 0 Å². The van der Waals surface area contributed by atoms with Crippen LogP contribution < -0.4 is 18.9 Å². The average Bonchev–Trinajstić information content (AvgIpc) is 3.31. The number of fused-ring (bicyclic) bond motifs is 3. The highest BCUT2D eigenvalue weighted by Gasteiger charge is 2.39. The van der Waals surface area contributed by atoms with Crippen LogP contribution in [0.3, 0.4) is 0 Å². The van der Waals surface area contributed by atoms with Crippen LogP contribution in [-0.2, 0) is 16.0 Å². The van der Waals surface area contributed by atoms with Crippen LogP contribution in [0.4, 0.5) is 0 Å². The molecule has 1 unspecified atom stereocenters. The molecule has 0 aromatic heterocycles. The standard InChI is InChI=1S/C21H18O6/c1-23-16-7-12-5-13-9-25-21(22)20(13)19(14(12)8-17(16)24-2)11-3-4-15-18(6-11)27-10-26-15/h3-4,6-8,13H,5,9-10H2,1-2H3. The van der Waals surface area contributed by atoms with Gasteiger partial charge in [0.05, 0.1) is 26.4 Å². The fraction of sp³-hybridized carbons (Fsp3) is 0.286. The lowest BCUT2D eigenvalue weighted by atomic mass is 9.77.